The van der Waals surface area contributed by atoms with E-state index in [1.807, 2.05) is 0 Å². The molecule has 0 spiro atoms. The van der Waals surface area contributed by atoms with Crippen LogP contribution in [0.4, 0.5) is 4.39 Å². The zero-order chi connectivity index (χ0) is 7.40. The first-order chi connectivity index (χ1) is 4.86. The van der Waals surface area contributed by atoms with Gasteiger partial charge in [-0.2, -0.15) is 0 Å². The predicted molar refractivity (Wildman–Crippen MR) is 32.2 cm³/mol. The minimum Gasteiger partial charge on any atom is -0.296 e. The van der Waals surface area contributed by atoms with E-state index in [1.165, 1.54) is 12.3 Å². The second-order valence-electron chi connectivity index (χ2n) is 1.65. The molecule has 52 valence electrons. The summed E-state index contributed by atoms with van der Waals surface area (Å²) in [4.78, 5) is 17.2. The lowest BCUT2D eigenvalue weighted by Gasteiger charge is -1.91. The molecule has 0 amide bonds. The Kier molecular flexibility index (Phi) is 2.04. The van der Waals surface area contributed by atoms with Crippen LogP contribution in [0, 0.1) is 0 Å². The first-order valence-corrected chi connectivity index (χ1v) is 2.70. The second kappa shape index (κ2) is 3.00. The van der Waals surface area contributed by atoms with Crippen molar-refractivity contribution in [1.29, 1.82) is 0 Å². The van der Waals surface area contributed by atoms with Crippen molar-refractivity contribution >= 4 is 6.29 Å². The van der Waals surface area contributed by atoms with Gasteiger partial charge in [0.15, 0.2) is 12.1 Å². The Bertz CT molecular complexity index is 239. The molecule has 1 aromatic rings. The average molecular weight is 140 g/mol. The molecule has 0 atom stereocenters. The number of alkyl halides is 1. The summed E-state index contributed by atoms with van der Waals surface area (Å²) >= 11 is 0. The molecule has 0 bridgehead atoms. The Morgan fingerprint density at radius 2 is 2.50 bits per heavy atom. The molecule has 1 heterocycles. The summed E-state index contributed by atoms with van der Waals surface area (Å²) in [5.74, 6) is 0.0459. The number of hydrogen-bond donors (Lipinski definition) is 0. The summed E-state index contributed by atoms with van der Waals surface area (Å²) in [6.07, 6.45) is 1.91. The quantitative estimate of drug-likeness (QED) is 0.569. The molecule has 0 radical (unpaired) electrons. The Morgan fingerprint density at radius 3 is 3.10 bits per heavy atom. The number of aromatic nitrogens is 2. The highest BCUT2D eigenvalue weighted by atomic mass is 19.1. The summed E-state index contributed by atoms with van der Waals surface area (Å²) in [7, 11) is 0. The maximum atomic E-state index is 11.8. The van der Waals surface area contributed by atoms with Crippen molar-refractivity contribution in [1.82, 2.24) is 9.97 Å². The van der Waals surface area contributed by atoms with Gasteiger partial charge in [0.25, 0.3) is 0 Å². The highest BCUT2D eigenvalue weighted by Gasteiger charge is 1.95. The van der Waals surface area contributed by atoms with Gasteiger partial charge in [0.1, 0.15) is 12.4 Å². The predicted octanol–water partition coefficient (Wildman–Crippen LogP) is 0.759. The van der Waals surface area contributed by atoms with Crippen LogP contribution in [-0.4, -0.2) is 16.3 Å². The van der Waals surface area contributed by atoms with Gasteiger partial charge >= 0.3 is 0 Å². The summed E-state index contributed by atoms with van der Waals surface area (Å²) in [5.41, 5.74) is 0.211. The SMILES string of the molecule is O=Cc1ccnc(CF)n1. The van der Waals surface area contributed by atoms with Crippen molar-refractivity contribution < 1.29 is 9.18 Å². The van der Waals surface area contributed by atoms with Crippen molar-refractivity contribution in [2.24, 2.45) is 0 Å². The molecule has 10 heavy (non-hydrogen) atoms. The van der Waals surface area contributed by atoms with Crippen LogP contribution in [0.3, 0.4) is 0 Å². The molecule has 4 heteroatoms. The third-order valence-electron chi connectivity index (χ3n) is 0.967. The monoisotopic (exact) mass is 140 g/mol. The summed E-state index contributed by atoms with van der Waals surface area (Å²) in [6, 6.07) is 1.42. The van der Waals surface area contributed by atoms with Crippen LogP contribution in [0.15, 0.2) is 12.3 Å². The van der Waals surface area contributed by atoms with Gasteiger partial charge in [0, 0.05) is 6.20 Å². The van der Waals surface area contributed by atoms with E-state index in [2.05, 4.69) is 9.97 Å². The number of rotatable bonds is 2. The third-order valence-corrected chi connectivity index (χ3v) is 0.967. The number of nitrogens with zero attached hydrogens (tertiary/aromatic N) is 2. The number of carbonyl (C=O) groups is 1. The van der Waals surface area contributed by atoms with Crippen LogP contribution in [0.5, 0.6) is 0 Å². The van der Waals surface area contributed by atoms with Gasteiger partial charge in [-0.1, -0.05) is 0 Å². The van der Waals surface area contributed by atoms with E-state index in [1.54, 1.807) is 0 Å². The molecule has 0 aliphatic carbocycles. The van der Waals surface area contributed by atoms with Crippen LogP contribution >= 0.6 is 0 Å². The molecule has 1 aromatic heterocycles. The fraction of sp³-hybridized carbons (Fsp3) is 0.167. The highest BCUT2D eigenvalue weighted by Crippen LogP contribution is 1.93. The van der Waals surface area contributed by atoms with E-state index in [0.29, 0.717) is 6.29 Å². The first-order valence-electron chi connectivity index (χ1n) is 2.70. The van der Waals surface area contributed by atoms with Crippen LogP contribution in [0.1, 0.15) is 16.3 Å². The van der Waals surface area contributed by atoms with Gasteiger partial charge in [-0.05, 0) is 6.07 Å². The minimum atomic E-state index is -0.734. The smallest absolute Gasteiger partial charge is 0.168 e. The third kappa shape index (κ3) is 1.34. The summed E-state index contributed by atoms with van der Waals surface area (Å²) in [5, 5.41) is 0. The minimum absolute atomic E-state index is 0.0459. The molecule has 0 N–H and O–H groups in total. The Morgan fingerprint density at radius 1 is 1.70 bits per heavy atom. The van der Waals surface area contributed by atoms with Crippen molar-refractivity contribution in [3.05, 3.63) is 23.8 Å². The zero-order valence-corrected chi connectivity index (χ0v) is 5.12. The molecule has 0 unspecified atom stereocenters. The van der Waals surface area contributed by atoms with Gasteiger partial charge < -0.3 is 0 Å². The number of hydrogen-bond acceptors (Lipinski definition) is 3. The largest absolute Gasteiger partial charge is 0.296 e. The average Bonchev–Trinajstić information content (AvgIpc) is 2.05. The van der Waals surface area contributed by atoms with E-state index in [4.69, 9.17) is 0 Å². The van der Waals surface area contributed by atoms with Gasteiger partial charge in [-0.3, -0.25) is 4.79 Å². The van der Waals surface area contributed by atoms with E-state index in [0.717, 1.165) is 0 Å². The normalized spacial score (nSPS) is 9.30. The lowest BCUT2D eigenvalue weighted by Crippen LogP contribution is -1.94. The van der Waals surface area contributed by atoms with Crippen molar-refractivity contribution in [3.63, 3.8) is 0 Å². The Labute approximate surface area is 56.9 Å². The first kappa shape index (κ1) is 6.80. The zero-order valence-electron chi connectivity index (χ0n) is 5.12. The van der Waals surface area contributed by atoms with Crippen LogP contribution in [0.2, 0.25) is 0 Å². The molecule has 0 saturated heterocycles. The fourth-order valence-corrected chi connectivity index (χ4v) is 0.545. The molecular formula is C6H5FN2O. The molecular weight excluding hydrogens is 135 g/mol. The van der Waals surface area contributed by atoms with E-state index >= 15 is 0 Å². The summed E-state index contributed by atoms with van der Waals surface area (Å²) in [6.45, 7) is -0.734. The molecule has 0 aliphatic heterocycles. The van der Waals surface area contributed by atoms with Gasteiger partial charge in [-0.25, -0.2) is 14.4 Å². The van der Waals surface area contributed by atoms with Gasteiger partial charge in [-0.15, -0.1) is 0 Å². The second-order valence-corrected chi connectivity index (χ2v) is 1.65. The lowest BCUT2D eigenvalue weighted by atomic mass is 10.4. The van der Waals surface area contributed by atoms with Crippen molar-refractivity contribution in [2.75, 3.05) is 0 Å². The van der Waals surface area contributed by atoms with E-state index < -0.39 is 6.67 Å². The summed E-state index contributed by atoms with van der Waals surface area (Å²) < 4.78 is 11.8. The fourth-order valence-electron chi connectivity index (χ4n) is 0.545. The standard InChI is InChI=1S/C6H5FN2O/c7-3-6-8-2-1-5(4-10)9-6/h1-2,4H,3H2. The number of carbonyl (C=O) groups excluding carboxylic acids is 1. The Balaban J connectivity index is 2.98. The topological polar surface area (TPSA) is 42.9 Å². The molecule has 0 aliphatic rings. The number of aldehydes is 1. The molecule has 0 saturated carbocycles. The Hall–Kier alpha value is -1.32. The van der Waals surface area contributed by atoms with Crippen molar-refractivity contribution in [3.8, 4) is 0 Å². The molecule has 3 nitrogen and oxygen atoms in total. The van der Waals surface area contributed by atoms with Gasteiger partial charge in [0.05, 0.1) is 0 Å². The number of halogens is 1. The van der Waals surface area contributed by atoms with Crippen LogP contribution in [0.25, 0.3) is 0 Å². The maximum absolute atomic E-state index is 11.8. The lowest BCUT2D eigenvalue weighted by molar-refractivity contribution is 0.111. The van der Waals surface area contributed by atoms with E-state index in [-0.39, 0.29) is 11.5 Å². The van der Waals surface area contributed by atoms with Gasteiger partial charge in [0.2, 0.25) is 0 Å². The molecule has 1 rings (SSSR count). The van der Waals surface area contributed by atoms with Crippen molar-refractivity contribution in [2.45, 2.75) is 6.67 Å². The van der Waals surface area contributed by atoms with Crippen LogP contribution in [-0.2, 0) is 6.67 Å². The van der Waals surface area contributed by atoms with Crippen LogP contribution < -0.4 is 0 Å². The van der Waals surface area contributed by atoms with E-state index in [9.17, 15) is 9.18 Å². The highest BCUT2D eigenvalue weighted by molar-refractivity contribution is 5.71. The molecule has 0 fully saturated rings. The molecule has 0 aromatic carbocycles. The maximum Gasteiger partial charge on any atom is 0.168 e.